The summed E-state index contributed by atoms with van der Waals surface area (Å²) in [6.45, 7) is 4.50. The highest BCUT2D eigenvalue weighted by molar-refractivity contribution is 6.12. The molecule has 0 aliphatic heterocycles. The lowest BCUT2D eigenvalue weighted by Crippen LogP contribution is -2.19. The number of rotatable bonds is 7. The number of nitrogens with zero attached hydrogens (tertiary/aromatic N) is 4. The van der Waals surface area contributed by atoms with E-state index in [0.717, 1.165) is 12.3 Å². The van der Waals surface area contributed by atoms with Crippen molar-refractivity contribution >= 4 is 23.1 Å². The zero-order valence-corrected chi connectivity index (χ0v) is 15.5. The fraction of sp³-hybridized carbons (Fsp3) is 0.158. The molecular formula is C19H19F3N6O. The van der Waals surface area contributed by atoms with Gasteiger partial charge >= 0.3 is 0 Å². The van der Waals surface area contributed by atoms with Gasteiger partial charge in [0, 0.05) is 18.0 Å². The van der Waals surface area contributed by atoms with Gasteiger partial charge in [-0.1, -0.05) is 12.7 Å². The zero-order chi connectivity index (χ0) is 21.4. The Kier molecular flexibility index (Phi) is 7.61. The molecule has 0 bridgehead atoms. The van der Waals surface area contributed by atoms with Crippen LogP contribution in [0.2, 0.25) is 0 Å². The average Bonchev–Trinajstić information content (AvgIpc) is 3.18. The zero-order valence-electron chi connectivity index (χ0n) is 15.5. The second-order valence-electron chi connectivity index (χ2n) is 5.51. The third-order valence-corrected chi connectivity index (χ3v) is 3.65. The number of aliphatic imine (C=N–C) groups is 3. The molecule has 29 heavy (non-hydrogen) atoms. The van der Waals surface area contributed by atoms with Crippen molar-refractivity contribution in [2.75, 3.05) is 0 Å². The molecule has 2 rings (SSSR count). The Morgan fingerprint density at radius 3 is 2.72 bits per heavy atom. The third-order valence-electron chi connectivity index (χ3n) is 3.65. The maximum absolute atomic E-state index is 14.0. The summed E-state index contributed by atoms with van der Waals surface area (Å²) in [5.74, 6) is -1.01. The van der Waals surface area contributed by atoms with Crippen LogP contribution in [0.15, 0.2) is 70.1 Å². The molecule has 0 aliphatic carbocycles. The molecule has 2 aromatic heterocycles. The number of pyridine rings is 1. The van der Waals surface area contributed by atoms with E-state index in [1.807, 2.05) is 0 Å². The first-order valence-corrected chi connectivity index (χ1v) is 8.36. The molecule has 0 amide bonds. The highest BCUT2D eigenvalue weighted by Crippen LogP contribution is 2.19. The highest BCUT2D eigenvalue weighted by atomic mass is 19.3. The minimum absolute atomic E-state index is 0.0415. The topological polar surface area (TPSA) is 112 Å². The fourth-order valence-electron chi connectivity index (χ4n) is 2.21. The first kappa shape index (κ1) is 21.8. The van der Waals surface area contributed by atoms with Gasteiger partial charge in [-0.25, -0.2) is 28.1 Å². The maximum Gasteiger partial charge on any atom is 0.280 e. The van der Waals surface area contributed by atoms with Crippen LogP contribution < -0.4 is 5.73 Å². The Morgan fingerprint density at radius 1 is 1.38 bits per heavy atom. The summed E-state index contributed by atoms with van der Waals surface area (Å²) in [4.78, 5) is 18.6. The number of amidine groups is 2. The van der Waals surface area contributed by atoms with E-state index in [1.165, 1.54) is 24.5 Å². The van der Waals surface area contributed by atoms with Gasteiger partial charge in [0.15, 0.2) is 17.5 Å². The standard InChI is InChI=1S/C19H19F3N6O/c1-3-13(17(21)22)26-14(4-2)18(23)28-19(16-11(10-29)5-8-25-16)27-15-6-7-24-9-12(15)20/h3-9,17,25,29H,1,10H2,2H3,(H2,23,24,27,28)/b14-4-,26-13?. The number of aliphatic hydroxyl groups is 1. The SMILES string of the molecule is C=CC(=N/C(=C\C)C(N)=NC(=Nc1ccncc1F)c1[nH]ccc1CO)C(F)F. The van der Waals surface area contributed by atoms with Crippen LogP contribution in [-0.4, -0.2) is 38.9 Å². The molecule has 0 radical (unpaired) electrons. The number of hydrogen-bond donors (Lipinski definition) is 3. The molecule has 0 unspecified atom stereocenters. The smallest absolute Gasteiger partial charge is 0.280 e. The second kappa shape index (κ2) is 10.1. The summed E-state index contributed by atoms with van der Waals surface area (Å²) in [5, 5.41) is 9.51. The molecule has 0 saturated carbocycles. The van der Waals surface area contributed by atoms with Crippen LogP contribution in [0.3, 0.4) is 0 Å². The number of H-pyrrole nitrogens is 1. The minimum Gasteiger partial charge on any atom is -0.392 e. The van der Waals surface area contributed by atoms with Crippen molar-refractivity contribution in [3.63, 3.8) is 0 Å². The van der Waals surface area contributed by atoms with Gasteiger partial charge in [-0.3, -0.25) is 4.98 Å². The van der Waals surface area contributed by atoms with E-state index in [4.69, 9.17) is 5.73 Å². The van der Waals surface area contributed by atoms with Crippen molar-refractivity contribution in [3.8, 4) is 0 Å². The van der Waals surface area contributed by atoms with Gasteiger partial charge in [-0.15, -0.1) is 0 Å². The van der Waals surface area contributed by atoms with Crippen molar-refractivity contribution in [3.05, 3.63) is 72.2 Å². The average molecular weight is 404 g/mol. The fourth-order valence-corrected chi connectivity index (χ4v) is 2.21. The van der Waals surface area contributed by atoms with E-state index < -0.39 is 18.0 Å². The van der Waals surface area contributed by atoms with Crippen molar-refractivity contribution in [1.29, 1.82) is 0 Å². The molecule has 2 heterocycles. The number of hydrogen-bond acceptors (Lipinski definition) is 4. The van der Waals surface area contributed by atoms with Gasteiger partial charge in [-0.2, -0.15) is 0 Å². The molecule has 0 saturated heterocycles. The van der Waals surface area contributed by atoms with E-state index in [1.54, 1.807) is 13.0 Å². The van der Waals surface area contributed by atoms with Crippen LogP contribution in [0.4, 0.5) is 18.9 Å². The van der Waals surface area contributed by atoms with Crippen LogP contribution in [0.5, 0.6) is 0 Å². The first-order valence-electron chi connectivity index (χ1n) is 8.36. The van der Waals surface area contributed by atoms with E-state index in [9.17, 15) is 18.3 Å². The summed E-state index contributed by atoms with van der Waals surface area (Å²) in [5.41, 5.74) is 5.97. The Hall–Kier alpha value is -3.53. The van der Waals surface area contributed by atoms with Gasteiger partial charge < -0.3 is 15.8 Å². The molecule has 0 fully saturated rings. The van der Waals surface area contributed by atoms with Crippen molar-refractivity contribution in [2.45, 2.75) is 20.0 Å². The lowest BCUT2D eigenvalue weighted by molar-refractivity contribution is 0.227. The van der Waals surface area contributed by atoms with E-state index >= 15 is 0 Å². The number of aliphatic hydroxyl groups excluding tert-OH is 1. The van der Waals surface area contributed by atoms with Crippen LogP contribution in [-0.2, 0) is 6.61 Å². The predicted molar refractivity (Wildman–Crippen MR) is 106 cm³/mol. The van der Waals surface area contributed by atoms with Crippen LogP contribution in [0, 0.1) is 5.82 Å². The van der Waals surface area contributed by atoms with Crippen molar-refractivity contribution in [2.24, 2.45) is 20.7 Å². The number of halogens is 3. The quantitative estimate of drug-likeness (QED) is 0.486. The molecule has 0 aliphatic rings. The monoisotopic (exact) mass is 404 g/mol. The van der Waals surface area contributed by atoms with Crippen LogP contribution >= 0.6 is 0 Å². The second-order valence-corrected chi connectivity index (χ2v) is 5.51. The van der Waals surface area contributed by atoms with Gasteiger partial charge in [0.1, 0.15) is 17.1 Å². The van der Waals surface area contributed by atoms with Gasteiger partial charge in [0.05, 0.1) is 18.5 Å². The molecule has 0 atom stereocenters. The molecule has 10 heteroatoms. The molecular weight excluding hydrogens is 385 g/mol. The van der Waals surface area contributed by atoms with Crippen molar-refractivity contribution in [1.82, 2.24) is 9.97 Å². The highest BCUT2D eigenvalue weighted by Gasteiger charge is 2.15. The summed E-state index contributed by atoms with van der Waals surface area (Å²) in [6, 6.07) is 2.91. The summed E-state index contributed by atoms with van der Waals surface area (Å²) in [7, 11) is 0. The van der Waals surface area contributed by atoms with Gasteiger partial charge in [-0.05, 0) is 25.1 Å². The molecule has 0 spiro atoms. The summed E-state index contributed by atoms with van der Waals surface area (Å²) >= 11 is 0. The molecule has 0 aromatic carbocycles. The third kappa shape index (κ3) is 5.48. The molecule has 2 aromatic rings. The van der Waals surface area contributed by atoms with Gasteiger partial charge in [0.25, 0.3) is 6.43 Å². The number of allylic oxidation sites excluding steroid dienone is 2. The molecule has 7 nitrogen and oxygen atoms in total. The van der Waals surface area contributed by atoms with E-state index in [2.05, 4.69) is 31.5 Å². The van der Waals surface area contributed by atoms with Crippen LogP contribution in [0.25, 0.3) is 0 Å². The molecule has 4 N–H and O–H groups in total. The number of nitrogens with two attached hydrogens (primary N) is 1. The normalized spacial score (nSPS) is 13.9. The lowest BCUT2D eigenvalue weighted by atomic mass is 10.2. The first-order chi connectivity index (χ1) is 13.9. The Bertz CT molecular complexity index is 991. The largest absolute Gasteiger partial charge is 0.392 e. The number of aromatic nitrogens is 2. The number of nitrogens with one attached hydrogen (secondary N) is 1. The van der Waals surface area contributed by atoms with E-state index in [0.29, 0.717) is 5.56 Å². The van der Waals surface area contributed by atoms with Crippen molar-refractivity contribution < 1.29 is 18.3 Å². The Balaban J connectivity index is 2.60. The van der Waals surface area contributed by atoms with Crippen LogP contribution in [0.1, 0.15) is 18.2 Å². The Labute approximate surface area is 165 Å². The van der Waals surface area contributed by atoms with E-state index in [-0.39, 0.29) is 35.4 Å². The summed E-state index contributed by atoms with van der Waals surface area (Å²) < 4.78 is 39.9. The Morgan fingerprint density at radius 2 is 2.14 bits per heavy atom. The predicted octanol–water partition coefficient (Wildman–Crippen LogP) is 3.27. The minimum atomic E-state index is -2.85. The lowest BCUT2D eigenvalue weighted by Gasteiger charge is -2.07. The summed E-state index contributed by atoms with van der Waals surface area (Å²) in [6.07, 6.45) is 3.31. The van der Waals surface area contributed by atoms with Gasteiger partial charge in [0.2, 0.25) is 0 Å². The number of alkyl halides is 2. The molecule has 152 valence electrons. The maximum atomic E-state index is 14.0. The number of aromatic amines is 1.